The van der Waals surface area contributed by atoms with E-state index in [0.29, 0.717) is 23.9 Å². The molecule has 0 spiro atoms. The molecule has 0 aromatic rings. The van der Waals surface area contributed by atoms with E-state index in [4.69, 9.17) is 18.5 Å². The van der Waals surface area contributed by atoms with Gasteiger partial charge in [-0.1, -0.05) is 229 Å². The molecule has 0 heterocycles. The van der Waals surface area contributed by atoms with Crippen molar-refractivity contribution >= 4 is 19.8 Å². The molecule has 0 aliphatic carbocycles. The van der Waals surface area contributed by atoms with Gasteiger partial charge >= 0.3 is 11.9 Å². The predicted octanol–water partition coefficient (Wildman–Crippen LogP) is 17.5. The van der Waals surface area contributed by atoms with E-state index in [1.807, 2.05) is 21.1 Å². The van der Waals surface area contributed by atoms with Gasteiger partial charge in [-0.15, -0.1) is 0 Å². The van der Waals surface area contributed by atoms with E-state index in [1.54, 1.807) is 0 Å². The number of hydrogen-bond donors (Lipinski definition) is 0. The molecule has 0 aromatic heterocycles. The molecule has 0 saturated heterocycles. The first-order valence-corrected chi connectivity index (χ1v) is 30.8. The number of carbonyl (C=O) groups is 2. The summed E-state index contributed by atoms with van der Waals surface area (Å²) < 4.78 is 34.0. The highest BCUT2D eigenvalue weighted by atomic mass is 31.2. The average molecular weight is 1010 g/mol. The number of ether oxygens (including phenoxy) is 2. The average Bonchev–Trinajstić information content (AvgIpc) is 3.32. The zero-order valence-electron chi connectivity index (χ0n) is 46.5. The van der Waals surface area contributed by atoms with Gasteiger partial charge in [-0.05, 0) is 77.0 Å². The normalized spacial score (nSPS) is 13.6. The van der Waals surface area contributed by atoms with Crippen LogP contribution in [0.2, 0.25) is 0 Å². The topological polar surface area (TPSA) is 111 Å². The summed E-state index contributed by atoms with van der Waals surface area (Å²) in [4.78, 5) is 37.8. The molecular formula is C60H112NO8P. The van der Waals surface area contributed by atoms with Crippen LogP contribution in [0, 0.1) is 0 Å². The summed E-state index contributed by atoms with van der Waals surface area (Å²) >= 11 is 0. The van der Waals surface area contributed by atoms with Crippen molar-refractivity contribution in [3.8, 4) is 0 Å². The molecule has 0 aliphatic rings. The summed E-state index contributed by atoms with van der Waals surface area (Å²) in [5.41, 5.74) is 0. The molecule has 0 aromatic carbocycles. The van der Waals surface area contributed by atoms with Crippen molar-refractivity contribution in [3.05, 3.63) is 48.6 Å². The molecule has 0 aliphatic heterocycles. The number of unbranched alkanes of at least 4 members (excludes halogenated alkanes) is 32. The summed E-state index contributed by atoms with van der Waals surface area (Å²) in [6.07, 6.45) is 64.7. The first kappa shape index (κ1) is 68.0. The number of hydrogen-bond acceptors (Lipinski definition) is 8. The number of quaternary nitrogens is 1. The summed E-state index contributed by atoms with van der Waals surface area (Å²) in [7, 11) is 1.13. The highest BCUT2D eigenvalue weighted by molar-refractivity contribution is 7.45. The van der Waals surface area contributed by atoms with Gasteiger partial charge in [0.05, 0.1) is 27.7 Å². The van der Waals surface area contributed by atoms with Crippen LogP contribution in [0.1, 0.15) is 271 Å². The molecular weight excluding hydrogens is 894 g/mol. The van der Waals surface area contributed by atoms with Crippen LogP contribution in [-0.4, -0.2) is 70.0 Å². The largest absolute Gasteiger partial charge is 0.756 e. The van der Waals surface area contributed by atoms with Crippen LogP contribution in [0.4, 0.5) is 0 Å². The lowest BCUT2D eigenvalue weighted by atomic mass is 10.0. The summed E-state index contributed by atoms with van der Waals surface area (Å²) in [6, 6.07) is 0. The first-order chi connectivity index (χ1) is 34.0. The molecule has 0 radical (unpaired) electrons. The van der Waals surface area contributed by atoms with Crippen molar-refractivity contribution in [1.82, 2.24) is 0 Å². The Labute approximate surface area is 433 Å². The van der Waals surface area contributed by atoms with Crippen LogP contribution in [0.3, 0.4) is 0 Å². The molecule has 2 atom stereocenters. The van der Waals surface area contributed by atoms with Crippen LogP contribution < -0.4 is 4.89 Å². The fourth-order valence-electron chi connectivity index (χ4n) is 8.23. The van der Waals surface area contributed by atoms with E-state index < -0.39 is 32.5 Å². The Morgan fingerprint density at radius 2 is 0.743 bits per heavy atom. The van der Waals surface area contributed by atoms with Gasteiger partial charge in [0.15, 0.2) is 6.10 Å². The van der Waals surface area contributed by atoms with Crippen molar-refractivity contribution in [2.75, 3.05) is 47.5 Å². The number of rotatable bonds is 54. The minimum absolute atomic E-state index is 0.0439. The van der Waals surface area contributed by atoms with Gasteiger partial charge < -0.3 is 27.9 Å². The Morgan fingerprint density at radius 1 is 0.429 bits per heavy atom. The Morgan fingerprint density at radius 3 is 1.10 bits per heavy atom. The fourth-order valence-corrected chi connectivity index (χ4v) is 8.96. The van der Waals surface area contributed by atoms with E-state index >= 15 is 0 Å². The van der Waals surface area contributed by atoms with Gasteiger partial charge in [-0.3, -0.25) is 14.2 Å². The minimum atomic E-state index is -4.65. The molecule has 0 amide bonds. The third-order valence-electron chi connectivity index (χ3n) is 12.8. The van der Waals surface area contributed by atoms with E-state index in [0.717, 1.165) is 51.4 Å². The molecule has 70 heavy (non-hydrogen) atoms. The number of nitrogens with zero attached hydrogens (tertiary/aromatic N) is 1. The second kappa shape index (κ2) is 51.9. The molecule has 0 fully saturated rings. The maximum Gasteiger partial charge on any atom is 0.306 e. The van der Waals surface area contributed by atoms with Crippen molar-refractivity contribution in [1.29, 1.82) is 0 Å². The summed E-state index contributed by atoms with van der Waals surface area (Å²) in [6.45, 7) is 4.19. The van der Waals surface area contributed by atoms with Gasteiger partial charge in [0, 0.05) is 12.8 Å². The molecule has 0 saturated carbocycles. The number of esters is 2. The van der Waals surface area contributed by atoms with Gasteiger partial charge in [0.25, 0.3) is 7.82 Å². The van der Waals surface area contributed by atoms with Crippen molar-refractivity contribution in [2.45, 2.75) is 277 Å². The zero-order chi connectivity index (χ0) is 51.3. The number of phosphoric ester groups is 1. The standard InChI is InChI=1S/C60H112NO8P/c1-6-8-10-12-14-16-18-20-22-24-26-28-30-32-34-36-38-40-42-44-46-48-50-52-59(62)66-56-58(57-68-70(64,65)67-55-54-61(3,4)5)69-60(63)53-51-49-47-45-43-41-39-37-35-33-31-29-27-25-23-21-19-17-15-13-11-9-7-2/h36-39,44-47,58H,6-35,40-43,48-57H2,1-5H3/b38-36+,39-37+,46-44+,47-45+/t58-/m1/s1. The lowest BCUT2D eigenvalue weighted by molar-refractivity contribution is -0.870. The monoisotopic (exact) mass is 1010 g/mol. The Kier molecular flexibility index (Phi) is 50.4. The van der Waals surface area contributed by atoms with Gasteiger partial charge in [0.2, 0.25) is 0 Å². The van der Waals surface area contributed by atoms with Crippen LogP contribution in [0.25, 0.3) is 0 Å². The van der Waals surface area contributed by atoms with Crippen LogP contribution >= 0.6 is 7.82 Å². The molecule has 1 unspecified atom stereocenters. The van der Waals surface area contributed by atoms with Crippen molar-refractivity contribution < 1.29 is 42.1 Å². The highest BCUT2D eigenvalue weighted by Crippen LogP contribution is 2.38. The van der Waals surface area contributed by atoms with E-state index in [1.165, 1.54) is 180 Å². The molecule has 10 heteroatoms. The zero-order valence-corrected chi connectivity index (χ0v) is 47.4. The summed E-state index contributed by atoms with van der Waals surface area (Å²) in [5, 5.41) is 0. The van der Waals surface area contributed by atoms with E-state index in [2.05, 4.69) is 62.5 Å². The number of allylic oxidation sites excluding steroid dienone is 8. The molecule has 0 rings (SSSR count). The second-order valence-electron chi connectivity index (χ2n) is 21.0. The molecule has 0 bridgehead atoms. The molecule has 9 nitrogen and oxygen atoms in total. The Bertz CT molecular complexity index is 1320. The van der Waals surface area contributed by atoms with Gasteiger partial charge in [-0.25, -0.2) is 0 Å². The highest BCUT2D eigenvalue weighted by Gasteiger charge is 2.21. The molecule has 0 N–H and O–H groups in total. The maximum absolute atomic E-state index is 12.8. The Balaban J connectivity index is 4.26. The smallest absolute Gasteiger partial charge is 0.306 e. The minimum Gasteiger partial charge on any atom is -0.756 e. The van der Waals surface area contributed by atoms with E-state index in [-0.39, 0.29) is 26.1 Å². The van der Waals surface area contributed by atoms with Crippen molar-refractivity contribution in [2.24, 2.45) is 0 Å². The second-order valence-corrected chi connectivity index (χ2v) is 22.4. The van der Waals surface area contributed by atoms with Gasteiger partial charge in [-0.2, -0.15) is 0 Å². The van der Waals surface area contributed by atoms with E-state index in [9.17, 15) is 19.0 Å². The summed E-state index contributed by atoms with van der Waals surface area (Å²) in [5.74, 6) is -0.925. The third-order valence-corrected chi connectivity index (χ3v) is 13.7. The van der Waals surface area contributed by atoms with Crippen molar-refractivity contribution in [3.63, 3.8) is 0 Å². The maximum atomic E-state index is 12.8. The van der Waals surface area contributed by atoms with Crippen LogP contribution in [0.15, 0.2) is 48.6 Å². The van der Waals surface area contributed by atoms with Gasteiger partial charge in [0.1, 0.15) is 19.8 Å². The van der Waals surface area contributed by atoms with Crippen LogP contribution in [-0.2, 0) is 32.7 Å². The number of likely N-dealkylation sites (N-methyl/N-ethyl adjacent to an activating group) is 1. The quantitative estimate of drug-likeness (QED) is 0.0195. The Hall–Kier alpha value is -2.03. The van der Waals surface area contributed by atoms with Crippen LogP contribution in [0.5, 0.6) is 0 Å². The number of carbonyl (C=O) groups excluding carboxylic acids is 2. The fraction of sp³-hybridized carbons (Fsp3) is 0.833. The first-order valence-electron chi connectivity index (χ1n) is 29.3. The SMILES string of the molecule is CCCCCCCCCCCCCCCC/C=C/CC/C=C/CCCC(=O)OC[C@H](COP(=O)([O-])OCC[N+](C)(C)C)OC(=O)CCC/C=C/CC/C=C/CCCCCCCCCCCCCCCC. The molecule has 410 valence electrons. The third kappa shape index (κ3) is 55.3. The lowest BCUT2D eigenvalue weighted by Gasteiger charge is -2.28. The predicted molar refractivity (Wildman–Crippen MR) is 296 cm³/mol. The lowest BCUT2D eigenvalue weighted by Crippen LogP contribution is -2.37. The number of phosphoric acid groups is 1.